The number of pyridine rings is 1. The second-order valence-corrected chi connectivity index (χ2v) is 11.7. The van der Waals surface area contributed by atoms with E-state index in [1.165, 1.54) is 12.1 Å². The van der Waals surface area contributed by atoms with Crippen LogP contribution in [0.4, 0.5) is 0 Å². The van der Waals surface area contributed by atoms with Gasteiger partial charge < -0.3 is 4.74 Å². The van der Waals surface area contributed by atoms with Crippen LogP contribution in [0.2, 0.25) is 0 Å². The van der Waals surface area contributed by atoms with Crippen molar-refractivity contribution in [3.05, 3.63) is 116 Å². The maximum Gasteiger partial charge on any atom is 0.322 e. The van der Waals surface area contributed by atoms with Gasteiger partial charge in [-0.05, 0) is 55.3 Å². The Labute approximate surface area is 224 Å². The van der Waals surface area contributed by atoms with Crippen molar-refractivity contribution in [3.8, 4) is 5.75 Å². The summed E-state index contributed by atoms with van der Waals surface area (Å²) in [5.74, 6) is 0.560. The third kappa shape index (κ3) is 6.34. The van der Waals surface area contributed by atoms with Gasteiger partial charge >= 0.3 is 4.87 Å². The predicted octanol–water partition coefficient (Wildman–Crippen LogP) is 4.40. The number of rotatable bonds is 10. The molecule has 0 fully saturated rings. The van der Waals surface area contributed by atoms with Crippen molar-refractivity contribution in [2.45, 2.75) is 37.3 Å². The van der Waals surface area contributed by atoms with Crippen LogP contribution in [0, 0.1) is 6.92 Å². The summed E-state index contributed by atoms with van der Waals surface area (Å²) in [7, 11) is -3.84. The summed E-state index contributed by atoms with van der Waals surface area (Å²) < 4.78 is 35.3. The predicted molar refractivity (Wildman–Crippen MR) is 148 cm³/mol. The van der Waals surface area contributed by atoms with E-state index in [1.54, 1.807) is 12.1 Å². The first kappa shape index (κ1) is 25.8. The molecule has 38 heavy (non-hydrogen) atoms. The highest BCUT2D eigenvalue weighted by atomic mass is 32.2. The fraction of sp³-hybridized carbons (Fsp3) is 0.179. The zero-order chi connectivity index (χ0) is 26.5. The molecule has 0 bridgehead atoms. The van der Waals surface area contributed by atoms with Gasteiger partial charge in [-0.25, -0.2) is 18.2 Å². The quantitative estimate of drug-likeness (QED) is 0.268. The monoisotopic (exact) mass is 546 g/mol. The summed E-state index contributed by atoms with van der Waals surface area (Å²) in [6.07, 6.45) is 0.742. The molecule has 3 aromatic carbocycles. The lowest BCUT2D eigenvalue weighted by molar-refractivity contribution is 0.307. The van der Waals surface area contributed by atoms with Gasteiger partial charge in [0.1, 0.15) is 17.4 Å². The van der Waals surface area contributed by atoms with Gasteiger partial charge in [0.05, 0.1) is 10.4 Å². The van der Waals surface area contributed by atoms with Gasteiger partial charge in [-0.15, -0.1) is 0 Å². The molecule has 5 aromatic rings. The number of H-pyrrole nitrogens is 1. The van der Waals surface area contributed by atoms with Crippen LogP contribution in [0.15, 0.2) is 94.6 Å². The highest BCUT2D eigenvalue weighted by molar-refractivity contribution is 7.89. The first-order chi connectivity index (χ1) is 18.4. The summed E-state index contributed by atoms with van der Waals surface area (Å²) >= 11 is 0.978. The van der Waals surface area contributed by atoms with Gasteiger partial charge in [0.15, 0.2) is 0 Å². The number of para-hydroxylation sites is 1. The standard InChI is InChI=1S/C28H26N4O4S2/c1-19-15-21(25-9-5-6-10-26(25)29-19)18-36-23-11-13-24(14-12-23)38(34,35)32-22(16-20-7-3-2-4-8-20)17-27-30-31-28(33)37-27/h2-15,22,32H,16-18H2,1H3,(H,31,33). The second kappa shape index (κ2) is 11.3. The maximum absolute atomic E-state index is 13.3. The molecule has 0 aliphatic heterocycles. The molecule has 5 rings (SSSR count). The highest BCUT2D eigenvalue weighted by Gasteiger charge is 2.22. The van der Waals surface area contributed by atoms with E-state index in [2.05, 4.69) is 19.9 Å². The molecule has 0 saturated carbocycles. The average Bonchev–Trinajstić information content (AvgIpc) is 3.32. The van der Waals surface area contributed by atoms with Crippen molar-refractivity contribution >= 4 is 32.3 Å². The lowest BCUT2D eigenvalue weighted by Crippen LogP contribution is -2.38. The van der Waals surface area contributed by atoms with Gasteiger partial charge in [-0.2, -0.15) is 5.10 Å². The number of ether oxygens (including phenoxy) is 1. The first-order valence-corrected chi connectivity index (χ1v) is 14.3. The number of nitrogens with one attached hydrogen (secondary N) is 2. The number of hydrogen-bond acceptors (Lipinski definition) is 7. The number of nitrogens with zero attached hydrogens (tertiary/aromatic N) is 2. The largest absolute Gasteiger partial charge is 0.489 e. The third-order valence-electron chi connectivity index (χ3n) is 6.01. The van der Waals surface area contributed by atoms with Gasteiger partial charge in [0.2, 0.25) is 10.0 Å². The van der Waals surface area contributed by atoms with Crippen molar-refractivity contribution in [1.82, 2.24) is 19.9 Å². The van der Waals surface area contributed by atoms with Crippen LogP contribution >= 0.6 is 11.3 Å². The van der Waals surface area contributed by atoms with E-state index in [0.29, 0.717) is 23.8 Å². The molecule has 1 atom stereocenters. The molecule has 0 aliphatic carbocycles. The van der Waals surface area contributed by atoms with Crippen molar-refractivity contribution < 1.29 is 13.2 Å². The van der Waals surface area contributed by atoms with Crippen molar-refractivity contribution in [2.24, 2.45) is 0 Å². The number of aromatic nitrogens is 3. The SMILES string of the molecule is Cc1cc(COc2ccc(S(=O)(=O)NC(Cc3ccccc3)Cc3n[nH]c(=O)s3)cc2)c2ccccc2n1. The normalized spacial score (nSPS) is 12.4. The number of benzene rings is 3. The van der Waals surface area contributed by atoms with Gasteiger partial charge in [0, 0.05) is 29.1 Å². The van der Waals surface area contributed by atoms with E-state index in [4.69, 9.17) is 4.74 Å². The second-order valence-electron chi connectivity index (χ2n) is 8.92. The molecular formula is C28H26N4O4S2. The maximum atomic E-state index is 13.3. The number of sulfonamides is 1. The molecule has 2 heterocycles. The van der Waals surface area contributed by atoms with Crippen molar-refractivity contribution in [1.29, 1.82) is 0 Å². The Hall–Kier alpha value is -3.86. The first-order valence-electron chi connectivity index (χ1n) is 12.0. The Morgan fingerprint density at radius 2 is 1.71 bits per heavy atom. The fourth-order valence-corrected chi connectivity index (χ4v) is 6.21. The molecule has 194 valence electrons. The van der Waals surface area contributed by atoms with Gasteiger partial charge in [0.25, 0.3) is 0 Å². The van der Waals surface area contributed by atoms with E-state index in [9.17, 15) is 13.2 Å². The molecule has 0 spiro atoms. The lowest BCUT2D eigenvalue weighted by atomic mass is 10.0. The number of aryl methyl sites for hydroxylation is 1. The molecule has 8 nitrogen and oxygen atoms in total. The lowest BCUT2D eigenvalue weighted by Gasteiger charge is -2.18. The molecule has 0 amide bonds. The fourth-order valence-electron chi connectivity index (χ4n) is 4.29. The van der Waals surface area contributed by atoms with Crippen LogP contribution in [0.3, 0.4) is 0 Å². The van der Waals surface area contributed by atoms with E-state index in [0.717, 1.165) is 39.1 Å². The third-order valence-corrected chi connectivity index (χ3v) is 8.32. The van der Waals surface area contributed by atoms with E-state index < -0.39 is 16.1 Å². The molecule has 0 aliphatic rings. The van der Waals surface area contributed by atoms with Crippen molar-refractivity contribution in [2.75, 3.05) is 0 Å². The van der Waals surface area contributed by atoms with Crippen LogP contribution in [-0.4, -0.2) is 29.6 Å². The molecule has 10 heteroatoms. The summed E-state index contributed by atoms with van der Waals surface area (Å²) in [5.41, 5.74) is 3.80. The molecule has 1 unspecified atom stereocenters. The van der Waals surface area contributed by atoms with E-state index >= 15 is 0 Å². The zero-order valence-corrected chi connectivity index (χ0v) is 22.3. The Bertz CT molecular complexity index is 1700. The Morgan fingerprint density at radius 1 is 0.974 bits per heavy atom. The van der Waals surface area contributed by atoms with Crippen LogP contribution in [0.25, 0.3) is 10.9 Å². The Morgan fingerprint density at radius 3 is 2.45 bits per heavy atom. The summed E-state index contributed by atoms with van der Waals surface area (Å²) in [5, 5.41) is 7.96. The van der Waals surface area contributed by atoms with E-state index in [1.807, 2.05) is 67.6 Å². The topological polar surface area (TPSA) is 114 Å². The molecule has 0 radical (unpaired) electrons. The number of aromatic amines is 1. The summed E-state index contributed by atoms with van der Waals surface area (Å²) in [6.45, 7) is 2.28. The van der Waals surface area contributed by atoms with Crippen LogP contribution in [0.1, 0.15) is 21.8 Å². The minimum absolute atomic E-state index is 0.128. The minimum Gasteiger partial charge on any atom is -0.489 e. The molecule has 2 N–H and O–H groups in total. The average molecular weight is 547 g/mol. The summed E-state index contributed by atoms with van der Waals surface area (Å²) in [6, 6.07) is 25.4. The van der Waals surface area contributed by atoms with Crippen LogP contribution in [0.5, 0.6) is 5.75 Å². The smallest absolute Gasteiger partial charge is 0.322 e. The van der Waals surface area contributed by atoms with Crippen molar-refractivity contribution in [3.63, 3.8) is 0 Å². The van der Waals surface area contributed by atoms with Gasteiger partial charge in [-0.1, -0.05) is 59.9 Å². The molecule has 2 aromatic heterocycles. The highest BCUT2D eigenvalue weighted by Crippen LogP contribution is 2.22. The summed E-state index contributed by atoms with van der Waals surface area (Å²) in [4.78, 5) is 16.0. The number of hydrogen-bond donors (Lipinski definition) is 2. The van der Waals surface area contributed by atoms with Crippen LogP contribution < -0.4 is 14.3 Å². The Balaban J connectivity index is 1.30. The zero-order valence-electron chi connectivity index (χ0n) is 20.6. The number of fused-ring (bicyclic) bond motifs is 1. The Kier molecular flexibility index (Phi) is 7.64. The minimum atomic E-state index is -3.84. The molecule has 0 saturated heterocycles. The van der Waals surface area contributed by atoms with Gasteiger partial charge in [-0.3, -0.25) is 9.78 Å². The van der Waals surface area contributed by atoms with Crippen LogP contribution in [-0.2, 0) is 29.5 Å². The molecular weight excluding hydrogens is 520 g/mol. The van der Waals surface area contributed by atoms with E-state index in [-0.39, 0.29) is 16.2 Å².